The Labute approximate surface area is 115 Å². The zero-order valence-corrected chi connectivity index (χ0v) is 10.9. The summed E-state index contributed by atoms with van der Waals surface area (Å²) in [4.78, 5) is 23.0. The topological polar surface area (TPSA) is 99.2 Å². The van der Waals surface area contributed by atoms with E-state index in [0.717, 1.165) is 5.69 Å². The van der Waals surface area contributed by atoms with Crippen LogP contribution in [0.5, 0.6) is 0 Å². The first-order chi connectivity index (χ1) is 9.63. The van der Waals surface area contributed by atoms with Gasteiger partial charge in [0.15, 0.2) is 0 Å². The predicted octanol–water partition coefficient (Wildman–Crippen LogP) is 1.34. The van der Waals surface area contributed by atoms with Crippen LogP contribution in [0.3, 0.4) is 0 Å². The quantitative estimate of drug-likeness (QED) is 0.879. The number of nitrogen functional groups attached to an aromatic ring is 1. The Morgan fingerprint density at radius 1 is 1.35 bits per heavy atom. The fourth-order valence-corrected chi connectivity index (χ4v) is 1.64. The second kappa shape index (κ2) is 5.87. The molecule has 104 valence electrons. The van der Waals surface area contributed by atoms with Crippen molar-refractivity contribution in [1.82, 2.24) is 15.1 Å². The third-order valence-electron chi connectivity index (χ3n) is 2.54. The third kappa shape index (κ3) is 2.77. The summed E-state index contributed by atoms with van der Waals surface area (Å²) in [5.74, 6) is -0.499. The van der Waals surface area contributed by atoms with Crippen molar-refractivity contribution in [2.45, 2.75) is 6.92 Å². The first kappa shape index (κ1) is 13.6. The Kier molecular flexibility index (Phi) is 3.99. The number of para-hydroxylation sites is 1. The van der Waals surface area contributed by atoms with Crippen molar-refractivity contribution in [3.05, 3.63) is 42.1 Å². The van der Waals surface area contributed by atoms with Crippen molar-refractivity contribution in [1.29, 1.82) is 0 Å². The molecule has 7 heteroatoms. The number of anilines is 1. The van der Waals surface area contributed by atoms with Gasteiger partial charge in [0.05, 0.1) is 18.5 Å². The average molecular weight is 274 g/mol. The number of hydrogen-bond acceptors (Lipinski definition) is 5. The molecule has 1 heterocycles. The largest absolute Gasteiger partial charge is 0.450 e. The number of ether oxygens (including phenoxy) is 1. The lowest BCUT2D eigenvalue weighted by molar-refractivity contribution is 0.0926. The smallest absolute Gasteiger partial charge is 0.414 e. The van der Waals surface area contributed by atoms with E-state index in [-0.39, 0.29) is 18.0 Å². The molecule has 1 aromatic heterocycles. The van der Waals surface area contributed by atoms with Gasteiger partial charge >= 0.3 is 6.09 Å². The number of nitrogens with two attached hydrogens (primary N) is 1. The predicted molar refractivity (Wildman–Crippen MR) is 72.5 cm³/mol. The third-order valence-corrected chi connectivity index (χ3v) is 2.54. The molecule has 0 bridgehead atoms. The molecule has 0 saturated carbocycles. The molecule has 1 aromatic carbocycles. The summed E-state index contributed by atoms with van der Waals surface area (Å²) in [6.07, 6.45) is 0.487. The van der Waals surface area contributed by atoms with Crippen molar-refractivity contribution < 1.29 is 14.3 Å². The van der Waals surface area contributed by atoms with Crippen molar-refractivity contribution >= 4 is 17.8 Å². The highest BCUT2D eigenvalue weighted by Crippen LogP contribution is 2.16. The number of nitrogens with one attached hydrogen (secondary N) is 1. The van der Waals surface area contributed by atoms with E-state index in [9.17, 15) is 9.59 Å². The van der Waals surface area contributed by atoms with E-state index < -0.39 is 12.0 Å². The van der Waals surface area contributed by atoms with Crippen LogP contribution >= 0.6 is 0 Å². The maximum atomic E-state index is 11.9. The average Bonchev–Trinajstić information content (AvgIpc) is 2.82. The lowest BCUT2D eigenvalue weighted by Crippen LogP contribution is -2.31. The van der Waals surface area contributed by atoms with E-state index in [0.29, 0.717) is 0 Å². The lowest BCUT2D eigenvalue weighted by Gasteiger charge is -2.05. The number of carbonyl (C=O) groups is 2. The van der Waals surface area contributed by atoms with E-state index in [1.807, 2.05) is 18.2 Å². The van der Waals surface area contributed by atoms with E-state index in [1.54, 1.807) is 19.1 Å². The standard InChI is InChI=1S/C13H14N4O3/c1-2-20-13(19)16-12(18)10-8-15-17(11(10)14)9-6-4-3-5-7-9/h3-8H,2,14H2,1H3,(H,16,18,19). The van der Waals surface area contributed by atoms with Crippen LogP contribution in [0.1, 0.15) is 17.3 Å². The Morgan fingerprint density at radius 3 is 2.70 bits per heavy atom. The van der Waals surface area contributed by atoms with Gasteiger partial charge in [-0.2, -0.15) is 5.10 Å². The zero-order chi connectivity index (χ0) is 14.5. The van der Waals surface area contributed by atoms with Gasteiger partial charge in [-0.05, 0) is 19.1 Å². The van der Waals surface area contributed by atoms with Gasteiger partial charge in [-0.15, -0.1) is 0 Å². The van der Waals surface area contributed by atoms with Crippen LogP contribution < -0.4 is 11.1 Å². The highest BCUT2D eigenvalue weighted by molar-refractivity contribution is 6.05. The van der Waals surface area contributed by atoms with E-state index in [4.69, 9.17) is 5.73 Å². The molecule has 2 rings (SSSR count). The lowest BCUT2D eigenvalue weighted by atomic mass is 10.3. The molecule has 2 aromatic rings. The normalized spacial score (nSPS) is 10.1. The molecule has 0 aliphatic rings. The summed E-state index contributed by atoms with van der Waals surface area (Å²) >= 11 is 0. The van der Waals surface area contributed by atoms with Crippen LogP contribution in [-0.2, 0) is 4.74 Å². The van der Waals surface area contributed by atoms with Crippen LogP contribution in [0.2, 0.25) is 0 Å². The fourth-order valence-electron chi connectivity index (χ4n) is 1.64. The highest BCUT2D eigenvalue weighted by Gasteiger charge is 2.18. The maximum absolute atomic E-state index is 11.9. The molecule has 3 N–H and O–H groups in total. The van der Waals surface area contributed by atoms with Crippen LogP contribution in [0.15, 0.2) is 36.5 Å². The van der Waals surface area contributed by atoms with Crippen molar-refractivity contribution in [2.75, 3.05) is 12.3 Å². The first-order valence-electron chi connectivity index (χ1n) is 6.00. The Hall–Kier alpha value is -2.83. The van der Waals surface area contributed by atoms with Gasteiger partial charge in [0.2, 0.25) is 0 Å². The number of benzene rings is 1. The summed E-state index contributed by atoms with van der Waals surface area (Å²) in [5, 5.41) is 6.11. The van der Waals surface area contributed by atoms with E-state index in [1.165, 1.54) is 10.9 Å². The molecule has 0 saturated heterocycles. The Balaban J connectivity index is 2.21. The van der Waals surface area contributed by atoms with E-state index >= 15 is 0 Å². The van der Waals surface area contributed by atoms with Crippen LogP contribution in [0, 0.1) is 0 Å². The first-order valence-corrected chi connectivity index (χ1v) is 6.00. The van der Waals surface area contributed by atoms with Crippen LogP contribution in [0.25, 0.3) is 5.69 Å². The number of aromatic nitrogens is 2. The number of nitrogens with zero attached hydrogens (tertiary/aromatic N) is 2. The summed E-state index contributed by atoms with van der Waals surface area (Å²) in [7, 11) is 0. The Bertz CT molecular complexity index is 622. The van der Waals surface area contributed by atoms with Gasteiger partial charge in [-0.25, -0.2) is 9.48 Å². The van der Waals surface area contributed by atoms with Gasteiger partial charge in [0.25, 0.3) is 5.91 Å². The number of imide groups is 1. The summed E-state index contributed by atoms with van der Waals surface area (Å²) in [6.45, 7) is 1.82. The Morgan fingerprint density at radius 2 is 2.05 bits per heavy atom. The van der Waals surface area contributed by atoms with Gasteiger partial charge in [0.1, 0.15) is 11.4 Å². The fraction of sp³-hybridized carbons (Fsp3) is 0.154. The summed E-state index contributed by atoms with van der Waals surface area (Å²) < 4.78 is 6.04. The monoisotopic (exact) mass is 274 g/mol. The molecule has 0 aliphatic heterocycles. The van der Waals surface area contributed by atoms with Gasteiger partial charge < -0.3 is 10.5 Å². The van der Waals surface area contributed by atoms with Crippen LogP contribution in [-0.4, -0.2) is 28.4 Å². The SMILES string of the molecule is CCOC(=O)NC(=O)c1cnn(-c2ccccc2)c1N. The molecule has 0 atom stereocenters. The molecule has 0 spiro atoms. The van der Waals surface area contributed by atoms with Gasteiger partial charge in [0, 0.05) is 0 Å². The highest BCUT2D eigenvalue weighted by atomic mass is 16.5. The molecule has 20 heavy (non-hydrogen) atoms. The zero-order valence-electron chi connectivity index (χ0n) is 10.9. The minimum absolute atomic E-state index is 0.113. The van der Waals surface area contributed by atoms with Crippen LogP contribution in [0.4, 0.5) is 10.6 Å². The molecule has 0 aliphatic carbocycles. The molecule has 2 amide bonds. The van der Waals surface area contributed by atoms with Crippen molar-refractivity contribution in [2.24, 2.45) is 0 Å². The number of carbonyl (C=O) groups excluding carboxylic acids is 2. The molecule has 7 nitrogen and oxygen atoms in total. The van der Waals surface area contributed by atoms with E-state index in [2.05, 4.69) is 15.2 Å². The minimum Gasteiger partial charge on any atom is -0.450 e. The molecule has 0 unspecified atom stereocenters. The summed E-state index contributed by atoms with van der Waals surface area (Å²) in [6, 6.07) is 9.12. The van der Waals surface area contributed by atoms with Crippen molar-refractivity contribution in [3.8, 4) is 5.69 Å². The van der Waals surface area contributed by atoms with Gasteiger partial charge in [-0.1, -0.05) is 18.2 Å². The second-order valence-corrected chi connectivity index (χ2v) is 3.87. The summed E-state index contributed by atoms with van der Waals surface area (Å²) in [5.41, 5.74) is 6.71. The number of amides is 2. The number of hydrogen-bond donors (Lipinski definition) is 2. The molecule has 0 radical (unpaired) electrons. The molecule has 0 fully saturated rings. The minimum atomic E-state index is -0.815. The molecular formula is C13H14N4O3. The number of rotatable bonds is 3. The number of alkyl carbamates (subject to hydrolysis) is 1. The van der Waals surface area contributed by atoms with Gasteiger partial charge in [-0.3, -0.25) is 10.1 Å². The van der Waals surface area contributed by atoms with Crippen molar-refractivity contribution in [3.63, 3.8) is 0 Å². The molecular weight excluding hydrogens is 260 g/mol. The second-order valence-electron chi connectivity index (χ2n) is 3.87. The maximum Gasteiger partial charge on any atom is 0.414 e.